The number of amides is 1. The molecule has 0 spiro atoms. The summed E-state index contributed by atoms with van der Waals surface area (Å²) in [4.78, 5) is 21.5. The van der Waals surface area contributed by atoms with Gasteiger partial charge < -0.3 is 9.84 Å². The molecule has 0 aromatic carbocycles. The van der Waals surface area contributed by atoms with Gasteiger partial charge in [0.2, 0.25) is 11.8 Å². The summed E-state index contributed by atoms with van der Waals surface area (Å²) >= 11 is 0. The first kappa shape index (κ1) is 18.3. The van der Waals surface area contributed by atoms with Crippen molar-refractivity contribution in [3.63, 3.8) is 0 Å². The Morgan fingerprint density at radius 1 is 1.28 bits per heavy atom. The number of hydrogen-bond donors (Lipinski definition) is 1. The van der Waals surface area contributed by atoms with Gasteiger partial charge in [-0.05, 0) is 25.7 Å². The molecule has 3 rings (SSSR count). The van der Waals surface area contributed by atoms with Crippen molar-refractivity contribution in [2.75, 3.05) is 26.2 Å². The fourth-order valence-corrected chi connectivity index (χ4v) is 3.91. The fourth-order valence-electron chi connectivity index (χ4n) is 3.91. The summed E-state index contributed by atoms with van der Waals surface area (Å²) in [6.07, 6.45) is 4.88. The molecule has 1 amide bonds. The Morgan fingerprint density at radius 3 is 2.64 bits per heavy atom. The standard InChI is InChI=1S/C18H31N5O2/c1-13-6-4-5-7-16(13)20-18(24)14(2)23-10-8-22(9-11-23)12-17-19-15(3)25-21-17/h13-14,16H,4-12H2,1-3H3,(H,20,24). The molecule has 0 radical (unpaired) electrons. The van der Waals surface area contributed by atoms with Crippen molar-refractivity contribution in [2.24, 2.45) is 5.92 Å². The summed E-state index contributed by atoms with van der Waals surface area (Å²) in [5, 5.41) is 7.25. The predicted octanol–water partition coefficient (Wildman–Crippen LogP) is 1.58. The van der Waals surface area contributed by atoms with Crippen LogP contribution in [0.15, 0.2) is 4.52 Å². The van der Waals surface area contributed by atoms with Crippen molar-refractivity contribution >= 4 is 5.91 Å². The van der Waals surface area contributed by atoms with E-state index >= 15 is 0 Å². The van der Waals surface area contributed by atoms with Gasteiger partial charge in [-0.2, -0.15) is 4.98 Å². The van der Waals surface area contributed by atoms with E-state index in [1.165, 1.54) is 19.3 Å². The van der Waals surface area contributed by atoms with Gasteiger partial charge in [-0.3, -0.25) is 14.6 Å². The maximum atomic E-state index is 12.6. The number of hydrogen-bond acceptors (Lipinski definition) is 6. The molecule has 140 valence electrons. The van der Waals surface area contributed by atoms with Gasteiger partial charge in [-0.25, -0.2) is 0 Å². The molecule has 3 atom stereocenters. The smallest absolute Gasteiger partial charge is 0.237 e. The maximum absolute atomic E-state index is 12.6. The Hall–Kier alpha value is -1.47. The monoisotopic (exact) mass is 349 g/mol. The first-order valence-electron chi connectivity index (χ1n) is 9.59. The van der Waals surface area contributed by atoms with Crippen LogP contribution in [0.1, 0.15) is 51.2 Å². The van der Waals surface area contributed by atoms with Crippen LogP contribution in [-0.4, -0.2) is 64.1 Å². The number of carbonyl (C=O) groups is 1. The van der Waals surface area contributed by atoms with Gasteiger partial charge in [-0.15, -0.1) is 0 Å². The first-order valence-corrected chi connectivity index (χ1v) is 9.59. The lowest BCUT2D eigenvalue weighted by Crippen LogP contribution is -2.55. The Morgan fingerprint density at radius 2 is 2.00 bits per heavy atom. The van der Waals surface area contributed by atoms with Gasteiger partial charge >= 0.3 is 0 Å². The molecule has 1 aromatic heterocycles. The van der Waals surface area contributed by atoms with Gasteiger partial charge in [0, 0.05) is 39.1 Å². The molecule has 1 saturated carbocycles. The number of nitrogens with zero attached hydrogens (tertiary/aromatic N) is 4. The average molecular weight is 349 g/mol. The molecular weight excluding hydrogens is 318 g/mol. The summed E-state index contributed by atoms with van der Waals surface area (Å²) in [6.45, 7) is 10.4. The Labute approximate surface area is 150 Å². The molecule has 2 fully saturated rings. The number of aromatic nitrogens is 2. The van der Waals surface area contributed by atoms with Crippen LogP contribution in [0.4, 0.5) is 0 Å². The van der Waals surface area contributed by atoms with Crippen molar-refractivity contribution in [1.29, 1.82) is 0 Å². The van der Waals surface area contributed by atoms with E-state index in [-0.39, 0.29) is 11.9 Å². The Kier molecular flexibility index (Phi) is 6.06. The molecule has 3 unspecified atom stereocenters. The van der Waals surface area contributed by atoms with E-state index in [9.17, 15) is 4.79 Å². The minimum absolute atomic E-state index is 0.0660. The molecule has 7 nitrogen and oxygen atoms in total. The zero-order valence-corrected chi connectivity index (χ0v) is 15.7. The Bertz CT molecular complexity index is 568. The molecule has 7 heteroatoms. The molecule has 1 aliphatic heterocycles. The molecule has 1 N–H and O–H groups in total. The zero-order chi connectivity index (χ0) is 17.8. The van der Waals surface area contributed by atoms with E-state index in [1.54, 1.807) is 0 Å². The highest BCUT2D eigenvalue weighted by atomic mass is 16.5. The summed E-state index contributed by atoms with van der Waals surface area (Å²) < 4.78 is 5.03. The molecule has 1 aliphatic carbocycles. The molecule has 25 heavy (non-hydrogen) atoms. The van der Waals surface area contributed by atoms with E-state index < -0.39 is 0 Å². The summed E-state index contributed by atoms with van der Waals surface area (Å²) in [5.74, 6) is 2.13. The normalized spacial score (nSPS) is 27.2. The summed E-state index contributed by atoms with van der Waals surface area (Å²) in [7, 11) is 0. The third kappa shape index (κ3) is 4.79. The van der Waals surface area contributed by atoms with Crippen LogP contribution in [0.5, 0.6) is 0 Å². The minimum Gasteiger partial charge on any atom is -0.352 e. The van der Waals surface area contributed by atoms with Gasteiger partial charge in [0.05, 0.1) is 12.6 Å². The number of carbonyl (C=O) groups excluding carboxylic acids is 1. The second-order valence-corrected chi connectivity index (χ2v) is 7.59. The van der Waals surface area contributed by atoms with Crippen LogP contribution in [0.3, 0.4) is 0 Å². The van der Waals surface area contributed by atoms with E-state index in [4.69, 9.17) is 4.52 Å². The minimum atomic E-state index is -0.0660. The molecule has 1 saturated heterocycles. The lowest BCUT2D eigenvalue weighted by Gasteiger charge is -2.38. The van der Waals surface area contributed by atoms with E-state index in [1.807, 2.05) is 13.8 Å². The van der Waals surface area contributed by atoms with Crippen molar-refractivity contribution in [2.45, 2.75) is 65.1 Å². The molecule has 2 heterocycles. The van der Waals surface area contributed by atoms with Crippen LogP contribution in [0.2, 0.25) is 0 Å². The largest absolute Gasteiger partial charge is 0.352 e. The number of rotatable bonds is 5. The SMILES string of the molecule is Cc1nc(CN2CCN(C(C)C(=O)NC3CCCCC3C)CC2)no1. The zero-order valence-electron chi connectivity index (χ0n) is 15.7. The predicted molar refractivity (Wildman–Crippen MR) is 94.9 cm³/mol. The highest BCUT2D eigenvalue weighted by Crippen LogP contribution is 2.24. The summed E-state index contributed by atoms with van der Waals surface area (Å²) in [5.41, 5.74) is 0. The van der Waals surface area contributed by atoms with E-state index in [2.05, 4.69) is 32.2 Å². The quantitative estimate of drug-likeness (QED) is 0.870. The molecule has 1 aromatic rings. The fraction of sp³-hybridized carbons (Fsp3) is 0.833. The van der Waals surface area contributed by atoms with Crippen molar-refractivity contribution in [1.82, 2.24) is 25.3 Å². The van der Waals surface area contributed by atoms with Crippen molar-refractivity contribution < 1.29 is 9.32 Å². The van der Waals surface area contributed by atoms with Crippen molar-refractivity contribution in [3.8, 4) is 0 Å². The Balaban J connectivity index is 1.44. The first-order chi connectivity index (χ1) is 12.0. The average Bonchev–Trinajstić information content (AvgIpc) is 3.02. The second kappa shape index (κ2) is 8.27. The van der Waals surface area contributed by atoms with Crippen LogP contribution in [0, 0.1) is 12.8 Å². The van der Waals surface area contributed by atoms with Crippen LogP contribution in [0.25, 0.3) is 0 Å². The van der Waals surface area contributed by atoms with E-state index in [0.717, 1.165) is 38.4 Å². The van der Waals surface area contributed by atoms with Gasteiger partial charge in [0.1, 0.15) is 0 Å². The molecular formula is C18H31N5O2. The van der Waals surface area contributed by atoms with Crippen LogP contribution >= 0.6 is 0 Å². The maximum Gasteiger partial charge on any atom is 0.237 e. The number of aryl methyl sites for hydroxylation is 1. The lowest BCUT2D eigenvalue weighted by molar-refractivity contribution is -0.127. The molecule has 2 aliphatic rings. The van der Waals surface area contributed by atoms with Gasteiger partial charge in [-0.1, -0.05) is 24.9 Å². The van der Waals surface area contributed by atoms with Crippen LogP contribution < -0.4 is 5.32 Å². The molecule has 0 bridgehead atoms. The van der Waals surface area contributed by atoms with Gasteiger partial charge in [0.15, 0.2) is 5.82 Å². The third-order valence-electron chi connectivity index (χ3n) is 5.71. The summed E-state index contributed by atoms with van der Waals surface area (Å²) in [6, 6.07) is 0.287. The van der Waals surface area contributed by atoms with Crippen molar-refractivity contribution in [3.05, 3.63) is 11.7 Å². The highest BCUT2D eigenvalue weighted by molar-refractivity contribution is 5.81. The highest BCUT2D eigenvalue weighted by Gasteiger charge is 2.29. The van der Waals surface area contributed by atoms with Crippen LogP contribution in [-0.2, 0) is 11.3 Å². The van der Waals surface area contributed by atoms with E-state index in [0.29, 0.717) is 24.4 Å². The second-order valence-electron chi connectivity index (χ2n) is 7.59. The number of piperazine rings is 1. The third-order valence-corrected chi connectivity index (χ3v) is 5.71. The van der Waals surface area contributed by atoms with Gasteiger partial charge in [0.25, 0.3) is 0 Å². The number of nitrogens with one attached hydrogen (secondary N) is 1. The lowest BCUT2D eigenvalue weighted by atomic mass is 9.86. The topological polar surface area (TPSA) is 74.5 Å².